The first-order valence-corrected chi connectivity index (χ1v) is 4.55. The van der Waals surface area contributed by atoms with Crippen LogP contribution in [0.1, 0.15) is 39.5 Å². The summed E-state index contributed by atoms with van der Waals surface area (Å²) in [6, 6.07) is 0. The van der Waals surface area contributed by atoms with E-state index in [-0.39, 0.29) is 12.7 Å². The summed E-state index contributed by atoms with van der Waals surface area (Å²) in [5.74, 6) is 0.382. The summed E-state index contributed by atoms with van der Waals surface area (Å²) >= 11 is 0. The average Bonchev–Trinajstić information content (AvgIpc) is 2.00. The predicted octanol–water partition coefficient (Wildman–Crippen LogP) is 1.56. The van der Waals surface area contributed by atoms with Gasteiger partial charge in [-0.3, -0.25) is 0 Å². The first-order chi connectivity index (χ1) is 5.26. The summed E-state index contributed by atoms with van der Waals surface area (Å²) in [5.41, 5.74) is 0. The van der Waals surface area contributed by atoms with Crippen molar-refractivity contribution in [1.82, 2.24) is 0 Å². The van der Waals surface area contributed by atoms with Crippen LogP contribution < -0.4 is 0 Å². The van der Waals surface area contributed by atoms with Crippen LogP contribution in [-0.4, -0.2) is 22.9 Å². The Morgan fingerprint density at radius 1 is 1.18 bits per heavy atom. The predicted molar refractivity (Wildman–Crippen MR) is 46.4 cm³/mol. The van der Waals surface area contributed by atoms with Gasteiger partial charge in [-0.25, -0.2) is 0 Å². The van der Waals surface area contributed by atoms with Gasteiger partial charge in [-0.15, -0.1) is 0 Å². The Hall–Kier alpha value is -0.0800. The molecule has 0 aromatic rings. The van der Waals surface area contributed by atoms with Gasteiger partial charge >= 0.3 is 0 Å². The lowest BCUT2D eigenvalue weighted by Crippen LogP contribution is -2.20. The summed E-state index contributed by atoms with van der Waals surface area (Å²) in [7, 11) is 0. The number of rotatable bonds is 6. The highest BCUT2D eigenvalue weighted by Crippen LogP contribution is 2.17. The van der Waals surface area contributed by atoms with Gasteiger partial charge in [0.2, 0.25) is 0 Å². The Balaban J connectivity index is 3.61. The topological polar surface area (TPSA) is 40.5 Å². The maximum absolute atomic E-state index is 9.48. The van der Waals surface area contributed by atoms with Crippen molar-refractivity contribution in [1.29, 1.82) is 0 Å². The molecule has 2 atom stereocenters. The van der Waals surface area contributed by atoms with Crippen LogP contribution in [-0.2, 0) is 0 Å². The SMILES string of the molecule is CCCC(CC)C(O)CCO. The zero-order chi connectivity index (χ0) is 8.69. The molecule has 2 unspecified atom stereocenters. The van der Waals surface area contributed by atoms with Gasteiger partial charge in [-0.05, 0) is 18.8 Å². The fourth-order valence-electron chi connectivity index (χ4n) is 1.41. The third-order valence-electron chi connectivity index (χ3n) is 2.15. The third kappa shape index (κ3) is 4.38. The molecule has 0 bridgehead atoms. The molecule has 0 aromatic heterocycles. The van der Waals surface area contributed by atoms with Crippen molar-refractivity contribution in [3.05, 3.63) is 0 Å². The summed E-state index contributed by atoms with van der Waals surface area (Å²) in [4.78, 5) is 0. The van der Waals surface area contributed by atoms with Crippen LogP contribution in [0.15, 0.2) is 0 Å². The van der Waals surface area contributed by atoms with E-state index >= 15 is 0 Å². The molecule has 0 saturated carbocycles. The van der Waals surface area contributed by atoms with Crippen LogP contribution in [0.25, 0.3) is 0 Å². The van der Waals surface area contributed by atoms with Crippen molar-refractivity contribution in [3.8, 4) is 0 Å². The van der Waals surface area contributed by atoms with Gasteiger partial charge in [0.05, 0.1) is 6.10 Å². The maximum atomic E-state index is 9.48. The van der Waals surface area contributed by atoms with E-state index in [0.717, 1.165) is 19.3 Å². The maximum Gasteiger partial charge on any atom is 0.0590 e. The van der Waals surface area contributed by atoms with Gasteiger partial charge in [0.1, 0.15) is 0 Å². The van der Waals surface area contributed by atoms with E-state index < -0.39 is 0 Å². The van der Waals surface area contributed by atoms with Gasteiger partial charge in [0.15, 0.2) is 0 Å². The molecule has 0 rings (SSSR count). The van der Waals surface area contributed by atoms with Crippen LogP contribution in [0, 0.1) is 5.92 Å². The number of hydrogen-bond donors (Lipinski definition) is 2. The fraction of sp³-hybridized carbons (Fsp3) is 1.00. The molecule has 0 radical (unpaired) electrons. The molecule has 0 heterocycles. The van der Waals surface area contributed by atoms with Crippen LogP contribution >= 0.6 is 0 Å². The minimum Gasteiger partial charge on any atom is -0.396 e. The van der Waals surface area contributed by atoms with Crippen molar-refractivity contribution < 1.29 is 10.2 Å². The van der Waals surface area contributed by atoms with Crippen molar-refractivity contribution in [3.63, 3.8) is 0 Å². The van der Waals surface area contributed by atoms with E-state index in [1.807, 2.05) is 0 Å². The summed E-state index contributed by atoms with van der Waals surface area (Å²) in [5, 5.41) is 18.1. The van der Waals surface area contributed by atoms with Crippen LogP contribution in [0.3, 0.4) is 0 Å². The fourth-order valence-corrected chi connectivity index (χ4v) is 1.41. The normalized spacial score (nSPS) is 16.4. The molecule has 0 spiro atoms. The Bertz CT molecular complexity index is 83.6. The molecule has 2 heteroatoms. The second-order valence-corrected chi connectivity index (χ2v) is 3.04. The van der Waals surface area contributed by atoms with Gasteiger partial charge < -0.3 is 10.2 Å². The number of aliphatic hydroxyl groups excluding tert-OH is 2. The molecule has 0 aromatic carbocycles. The van der Waals surface area contributed by atoms with Gasteiger partial charge in [0.25, 0.3) is 0 Å². The van der Waals surface area contributed by atoms with Gasteiger partial charge in [-0.2, -0.15) is 0 Å². The van der Waals surface area contributed by atoms with Gasteiger partial charge in [-0.1, -0.05) is 26.7 Å². The van der Waals surface area contributed by atoms with E-state index in [4.69, 9.17) is 5.11 Å². The summed E-state index contributed by atoms with van der Waals surface area (Å²) in [6.45, 7) is 4.30. The Labute approximate surface area is 69.2 Å². The van der Waals surface area contributed by atoms with Crippen molar-refractivity contribution in [2.24, 2.45) is 5.92 Å². The van der Waals surface area contributed by atoms with E-state index in [1.165, 1.54) is 0 Å². The second kappa shape index (κ2) is 6.62. The Kier molecular flexibility index (Phi) is 6.57. The standard InChI is InChI=1S/C9H20O2/c1-3-5-8(4-2)9(11)6-7-10/h8-11H,3-7H2,1-2H3. The zero-order valence-corrected chi connectivity index (χ0v) is 7.58. The molecule has 68 valence electrons. The second-order valence-electron chi connectivity index (χ2n) is 3.04. The molecule has 0 fully saturated rings. The first-order valence-electron chi connectivity index (χ1n) is 4.55. The third-order valence-corrected chi connectivity index (χ3v) is 2.15. The summed E-state index contributed by atoms with van der Waals surface area (Å²) < 4.78 is 0. The minimum absolute atomic E-state index is 0.0986. The molecule has 0 aliphatic heterocycles. The molecule has 0 aliphatic carbocycles. The number of aliphatic hydroxyl groups is 2. The van der Waals surface area contributed by atoms with E-state index in [0.29, 0.717) is 12.3 Å². The van der Waals surface area contributed by atoms with Crippen molar-refractivity contribution in [2.75, 3.05) is 6.61 Å². The molecule has 0 aliphatic rings. The molecule has 0 amide bonds. The van der Waals surface area contributed by atoms with Crippen LogP contribution in [0.4, 0.5) is 0 Å². The smallest absolute Gasteiger partial charge is 0.0590 e. The molecule has 0 saturated heterocycles. The van der Waals surface area contributed by atoms with Crippen LogP contribution in [0.2, 0.25) is 0 Å². The molecule has 11 heavy (non-hydrogen) atoms. The van der Waals surface area contributed by atoms with Gasteiger partial charge in [0, 0.05) is 6.61 Å². The largest absolute Gasteiger partial charge is 0.396 e. The lowest BCUT2D eigenvalue weighted by molar-refractivity contribution is 0.0723. The summed E-state index contributed by atoms with van der Waals surface area (Å²) in [6.07, 6.45) is 3.41. The lowest BCUT2D eigenvalue weighted by Gasteiger charge is -2.19. The van der Waals surface area contributed by atoms with E-state index in [9.17, 15) is 5.11 Å². The number of hydrogen-bond acceptors (Lipinski definition) is 2. The van der Waals surface area contributed by atoms with E-state index in [1.54, 1.807) is 0 Å². The first kappa shape index (κ1) is 10.9. The highest BCUT2D eigenvalue weighted by atomic mass is 16.3. The average molecular weight is 160 g/mol. The lowest BCUT2D eigenvalue weighted by atomic mass is 9.93. The highest BCUT2D eigenvalue weighted by molar-refractivity contribution is 4.66. The molecule has 2 nitrogen and oxygen atoms in total. The Morgan fingerprint density at radius 3 is 2.18 bits per heavy atom. The quantitative estimate of drug-likeness (QED) is 0.619. The van der Waals surface area contributed by atoms with Crippen LogP contribution in [0.5, 0.6) is 0 Å². The monoisotopic (exact) mass is 160 g/mol. The minimum atomic E-state index is -0.301. The molecule has 2 N–H and O–H groups in total. The Morgan fingerprint density at radius 2 is 1.82 bits per heavy atom. The van der Waals surface area contributed by atoms with Crippen molar-refractivity contribution >= 4 is 0 Å². The zero-order valence-electron chi connectivity index (χ0n) is 7.58. The molecular formula is C9H20O2. The molecular weight excluding hydrogens is 140 g/mol. The highest BCUT2D eigenvalue weighted by Gasteiger charge is 2.14. The van der Waals surface area contributed by atoms with Crippen molar-refractivity contribution in [2.45, 2.75) is 45.6 Å². The van der Waals surface area contributed by atoms with E-state index in [2.05, 4.69) is 13.8 Å².